The average Bonchev–Trinajstić information content (AvgIpc) is 3.12. The number of methoxy groups -OCH3 is 1. The second kappa shape index (κ2) is 7.35. The van der Waals surface area contributed by atoms with E-state index in [-0.39, 0.29) is 18.2 Å². The average molecular weight is 345 g/mol. The van der Waals surface area contributed by atoms with Crippen LogP contribution in [0.25, 0.3) is 0 Å². The van der Waals surface area contributed by atoms with Crippen molar-refractivity contribution in [2.75, 3.05) is 13.7 Å². The first-order chi connectivity index (χ1) is 12.1. The Morgan fingerprint density at radius 3 is 2.80 bits per heavy atom. The Balaban J connectivity index is 1.90. The van der Waals surface area contributed by atoms with Gasteiger partial charge < -0.3 is 14.6 Å². The third-order valence-corrected chi connectivity index (χ3v) is 4.03. The molecule has 0 amide bonds. The van der Waals surface area contributed by atoms with Gasteiger partial charge in [-0.15, -0.1) is 0 Å². The van der Waals surface area contributed by atoms with E-state index in [0.717, 1.165) is 17.4 Å². The number of nitrogens with zero attached hydrogens (tertiary/aromatic N) is 2. The van der Waals surface area contributed by atoms with E-state index in [1.165, 1.54) is 6.21 Å². The maximum Gasteiger partial charge on any atom is 0.331 e. The Morgan fingerprint density at radius 2 is 2.16 bits per heavy atom. The van der Waals surface area contributed by atoms with Gasteiger partial charge in [0, 0.05) is 12.8 Å². The van der Waals surface area contributed by atoms with Gasteiger partial charge >= 0.3 is 5.69 Å². The van der Waals surface area contributed by atoms with Crippen LogP contribution in [0.1, 0.15) is 18.4 Å². The van der Waals surface area contributed by atoms with E-state index in [0.29, 0.717) is 18.0 Å². The lowest BCUT2D eigenvalue weighted by molar-refractivity contribution is 0.0934. The molecule has 2 heterocycles. The zero-order chi connectivity index (χ0) is 17.8. The normalized spacial score (nSPS) is 17.2. The highest BCUT2D eigenvalue weighted by Gasteiger charge is 2.20. The fourth-order valence-electron chi connectivity index (χ4n) is 2.66. The minimum absolute atomic E-state index is 0.0755. The van der Waals surface area contributed by atoms with Gasteiger partial charge in [0.2, 0.25) is 5.88 Å². The molecule has 1 atom stereocenters. The smallest absolute Gasteiger partial charge is 0.331 e. The second-order valence-corrected chi connectivity index (χ2v) is 5.70. The van der Waals surface area contributed by atoms with Crippen LogP contribution in [0.2, 0.25) is 0 Å². The minimum atomic E-state index is -0.691. The summed E-state index contributed by atoms with van der Waals surface area (Å²) in [4.78, 5) is 30.4. The molecule has 8 nitrogen and oxygen atoms in total. The maximum atomic E-state index is 12.0. The molecule has 0 bridgehead atoms. The summed E-state index contributed by atoms with van der Waals surface area (Å²) in [6.45, 7) is 0.820. The zero-order valence-electron chi connectivity index (χ0n) is 13.8. The Morgan fingerprint density at radius 1 is 1.40 bits per heavy atom. The van der Waals surface area contributed by atoms with Crippen molar-refractivity contribution < 1.29 is 14.6 Å². The van der Waals surface area contributed by atoms with Crippen LogP contribution < -0.4 is 16.0 Å². The zero-order valence-corrected chi connectivity index (χ0v) is 13.8. The topological polar surface area (TPSA) is 106 Å². The molecule has 0 aliphatic carbocycles. The minimum Gasteiger partial charge on any atom is -0.497 e. The van der Waals surface area contributed by atoms with E-state index in [2.05, 4.69) is 9.98 Å². The number of nitrogens with one attached hydrogen (secondary N) is 1. The first kappa shape index (κ1) is 17.0. The van der Waals surface area contributed by atoms with Crippen molar-refractivity contribution in [3.63, 3.8) is 0 Å². The summed E-state index contributed by atoms with van der Waals surface area (Å²) < 4.78 is 11.6. The number of aliphatic imine (C=N–C) groups is 1. The van der Waals surface area contributed by atoms with Crippen LogP contribution in [-0.2, 0) is 11.3 Å². The van der Waals surface area contributed by atoms with Gasteiger partial charge in [-0.1, -0.05) is 0 Å². The number of benzene rings is 1. The monoisotopic (exact) mass is 345 g/mol. The van der Waals surface area contributed by atoms with Crippen molar-refractivity contribution in [3.8, 4) is 11.6 Å². The van der Waals surface area contributed by atoms with Crippen molar-refractivity contribution >= 4 is 11.9 Å². The SMILES string of the molecule is COc1ccc(N=Cc2c(O)n(C[C@H]3CCCO3)c(=O)[nH]c2=O)cc1. The molecule has 2 N–H and O–H groups in total. The number of hydrogen-bond acceptors (Lipinski definition) is 6. The first-order valence-electron chi connectivity index (χ1n) is 7.94. The van der Waals surface area contributed by atoms with Crippen molar-refractivity contribution in [1.29, 1.82) is 0 Å². The van der Waals surface area contributed by atoms with Crippen molar-refractivity contribution in [1.82, 2.24) is 9.55 Å². The summed E-state index contributed by atoms with van der Waals surface area (Å²) in [5.41, 5.74) is -0.854. The number of rotatable bonds is 5. The van der Waals surface area contributed by atoms with E-state index >= 15 is 0 Å². The fourth-order valence-corrected chi connectivity index (χ4v) is 2.66. The molecule has 132 valence electrons. The lowest BCUT2D eigenvalue weighted by atomic mass is 10.2. The number of aromatic amines is 1. The molecule has 1 aromatic heterocycles. The molecule has 0 spiro atoms. The Hall–Kier alpha value is -2.87. The Labute approximate surface area is 143 Å². The summed E-state index contributed by atoms with van der Waals surface area (Å²) in [5, 5.41) is 10.3. The molecule has 0 radical (unpaired) electrons. The molecule has 1 aromatic carbocycles. The molecule has 1 aliphatic rings. The third kappa shape index (κ3) is 3.80. The lowest BCUT2D eigenvalue weighted by Gasteiger charge is -2.13. The number of H-pyrrole nitrogens is 1. The summed E-state index contributed by atoms with van der Waals surface area (Å²) in [6, 6.07) is 6.89. The second-order valence-electron chi connectivity index (χ2n) is 5.70. The van der Waals surface area contributed by atoms with Gasteiger partial charge in [-0.05, 0) is 37.1 Å². The van der Waals surface area contributed by atoms with Crippen molar-refractivity contribution in [2.24, 2.45) is 4.99 Å². The van der Waals surface area contributed by atoms with Gasteiger partial charge in [-0.3, -0.25) is 19.3 Å². The molecule has 3 rings (SSSR count). The van der Waals surface area contributed by atoms with Crippen LogP contribution in [0.3, 0.4) is 0 Å². The molecule has 1 fully saturated rings. The summed E-state index contributed by atoms with van der Waals surface area (Å²) >= 11 is 0. The summed E-state index contributed by atoms with van der Waals surface area (Å²) in [7, 11) is 1.56. The number of aromatic nitrogens is 2. The van der Waals surface area contributed by atoms with Crippen LogP contribution >= 0.6 is 0 Å². The van der Waals surface area contributed by atoms with E-state index in [9.17, 15) is 14.7 Å². The summed E-state index contributed by atoms with van der Waals surface area (Å²) in [6.07, 6.45) is 2.80. The molecule has 1 aliphatic heterocycles. The summed E-state index contributed by atoms with van der Waals surface area (Å²) in [5.74, 6) is 0.270. The molecular formula is C17H19N3O5. The van der Waals surface area contributed by atoms with Gasteiger partial charge in [0.25, 0.3) is 5.56 Å². The molecular weight excluding hydrogens is 326 g/mol. The molecule has 1 saturated heterocycles. The molecule has 2 aromatic rings. The Bertz CT molecular complexity index is 877. The standard InChI is InChI=1S/C17H19N3O5/c1-24-12-6-4-11(5-7-12)18-9-14-15(21)19-17(23)20(16(14)22)10-13-3-2-8-25-13/h4-7,9,13,22H,2-3,8,10H2,1H3,(H,19,21,23)/t13-/m1/s1. The van der Waals surface area contributed by atoms with Gasteiger partial charge in [0.15, 0.2) is 0 Å². The highest BCUT2D eigenvalue weighted by molar-refractivity contribution is 5.84. The predicted octanol–water partition coefficient (Wildman–Crippen LogP) is 1.18. The van der Waals surface area contributed by atoms with Gasteiger partial charge in [-0.2, -0.15) is 0 Å². The van der Waals surface area contributed by atoms with Crippen molar-refractivity contribution in [2.45, 2.75) is 25.5 Å². The number of aromatic hydroxyl groups is 1. The van der Waals surface area contributed by atoms with E-state index in [1.54, 1.807) is 31.4 Å². The molecule has 8 heteroatoms. The van der Waals surface area contributed by atoms with Crippen molar-refractivity contribution in [3.05, 3.63) is 50.7 Å². The van der Waals surface area contributed by atoms with Gasteiger partial charge in [0.05, 0.1) is 25.4 Å². The van der Waals surface area contributed by atoms with Crippen LogP contribution in [0.4, 0.5) is 5.69 Å². The number of ether oxygens (including phenoxy) is 2. The van der Waals surface area contributed by atoms with Gasteiger partial charge in [-0.25, -0.2) is 4.79 Å². The van der Waals surface area contributed by atoms with Crippen LogP contribution in [0.15, 0.2) is 38.8 Å². The van der Waals surface area contributed by atoms with E-state index < -0.39 is 17.1 Å². The predicted molar refractivity (Wildman–Crippen MR) is 92.2 cm³/mol. The van der Waals surface area contributed by atoms with Crippen LogP contribution in [-0.4, -0.2) is 40.7 Å². The third-order valence-electron chi connectivity index (χ3n) is 4.03. The van der Waals surface area contributed by atoms with E-state index in [4.69, 9.17) is 9.47 Å². The van der Waals surface area contributed by atoms with Crippen LogP contribution in [0, 0.1) is 0 Å². The highest BCUT2D eigenvalue weighted by atomic mass is 16.5. The van der Waals surface area contributed by atoms with E-state index in [1.807, 2.05) is 0 Å². The maximum absolute atomic E-state index is 12.0. The highest BCUT2D eigenvalue weighted by Crippen LogP contribution is 2.19. The fraction of sp³-hybridized carbons (Fsp3) is 0.353. The van der Waals surface area contributed by atoms with Crippen LogP contribution in [0.5, 0.6) is 11.6 Å². The molecule has 25 heavy (non-hydrogen) atoms. The Kier molecular flexibility index (Phi) is 4.99. The number of hydrogen-bond donors (Lipinski definition) is 2. The quantitative estimate of drug-likeness (QED) is 0.792. The lowest BCUT2D eigenvalue weighted by Crippen LogP contribution is -2.34. The first-order valence-corrected chi connectivity index (χ1v) is 7.94. The molecule has 0 unspecified atom stereocenters. The largest absolute Gasteiger partial charge is 0.497 e. The van der Waals surface area contributed by atoms with Gasteiger partial charge in [0.1, 0.15) is 11.3 Å². The molecule has 0 saturated carbocycles.